The van der Waals surface area contributed by atoms with E-state index in [4.69, 9.17) is 4.74 Å². The molecule has 2 aromatic carbocycles. The van der Waals surface area contributed by atoms with Gasteiger partial charge < -0.3 is 14.6 Å². The van der Waals surface area contributed by atoms with Crippen molar-refractivity contribution in [2.75, 3.05) is 7.11 Å². The van der Waals surface area contributed by atoms with Crippen LogP contribution in [0.3, 0.4) is 0 Å². The molecule has 0 aliphatic rings. The molecule has 152 valence electrons. The van der Waals surface area contributed by atoms with Crippen LogP contribution in [0.25, 0.3) is 0 Å². The van der Waals surface area contributed by atoms with Crippen LogP contribution in [0.2, 0.25) is 0 Å². The number of aromatic nitrogens is 3. The number of nitrogens with zero attached hydrogens (tertiary/aromatic N) is 3. The summed E-state index contributed by atoms with van der Waals surface area (Å²) in [5.41, 5.74) is 2.29. The summed E-state index contributed by atoms with van der Waals surface area (Å²) in [5.74, 6) is 1.83. The molecule has 1 N–H and O–H groups in total. The number of aryl methyl sites for hydroxylation is 3. The predicted octanol–water partition coefficient (Wildman–Crippen LogP) is 3.56. The molecule has 0 bridgehead atoms. The summed E-state index contributed by atoms with van der Waals surface area (Å²) in [5, 5.41) is 11.3. The van der Waals surface area contributed by atoms with E-state index in [1.807, 2.05) is 30.3 Å². The van der Waals surface area contributed by atoms with Gasteiger partial charge in [-0.2, -0.15) is 0 Å². The number of rotatable bonds is 11. The highest BCUT2D eigenvalue weighted by molar-refractivity contribution is 5.75. The Labute approximate surface area is 171 Å². The number of benzene rings is 2. The maximum atomic E-state index is 12.1. The smallest absolute Gasteiger partial charge is 0.220 e. The summed E-state index contributed by atoms with van der Waals surface area (Å²) in [6, 6.07) is 18.1. The number of para-hydroxylation sites is 1. The molecule has 29 heavy (non-hydrogen) atoms. The van der Waals surface area contributed by atoms with E-state index in [1.54, 1.807) is 13.4 Å². The number of amides is 1. The molecule has 0 radical (unpaired) electrons. The van der Waals surface area contributed by atoms with Gasteiger partial charge in [-0.3, -0.25) is 4.79 Å². The summed E-state index contributed by atoms with van der Waals surface area (Å²) in [6.45, 7) is 1.35. The predicted molar refractivity (Wildman–Crippen MR) is 113 cm³/mol. The van der Waals surface area contributed by atoms with E-state index in [1.165, 1.54) is 5.56 Å². The molecule has 0 aliphatic heterocycles. The van der Waals surface area contributed by atoms with Gasteiger partial charge in [-0.15, -0.1) is 10.2 Å². The molecule has 1 aromatic heterocycles. The van der Waals surface area contributed by atoms with Crippen molar-refractivity contribution in [3.63, 3.8) is 0 Å². The van der Waals surface area contributed by atoms with Crippen molar-refractivity contribution in [2.45, 2.75) is 45.2 Å². The topological polar surface area (TPSA) is 69.0 Å². The van der Waals surface area contributed by atoms with Crippen LogP contribution in [0.4, 0.5) is 0 Å². The Morgan fingerprint density at radius 1 is 1.03 bits per heavy atom. The van der Waals surface area contributed by atoms with Gasteiger partial charge >= 0.3 is 0 Å². The lowest BCUT2D eigenvalue weighted by Gasteiger charge is -2.09. The molecule has 0 aliphatic carbocycles. The van der Waals surface area contributed by atoms with Crippen LogP contribution in [0.5, 0.6) is 5.75 Å². The molecule has 6 nitrogen and oxygen atoms in total. The maximum absolute atomic E-state index is 12.1. The lowest BCUT2D eigenvalue weighted by atomic mass is 10.1. The first-order valence-corrected chi connectivity index (χ1v) is 10.1. The zero-order valence-corrected chi connectivity index (χ0v) is 16.9. The number of carbonyl (C=O) groups excluding carboxylic acids is 1. The first-order valence-electron chi connectivity index (χ1n) is 10.1. The van der Waals surface area contributed by atoms with E-state index in [-0.39, 0.29) is 5.91 Å². The standard InChI is InChI=1S/C23H28N4O2/c1-29-21-12-6-5-11-20(21)17-24-23(28)14-8-7-13-22-26-25-18-27(22)16-15-19-9-3-2-4-10-19/h2-6,9-12,18H,7-8,13-17H2,1H3,(H,24,28). The second-order valence-corrected chi connectivity index (χ2v) is 6.97. The van der Waals surface area contributed by atoms with Crippen LogP contribution in [0, 0.1) is 0 Å². The Kier molecular flexibility index (Phi) is 7.81. The molecule has 3 rings (SSSR count). The first kappa shape index (κ1) is 20.6. The molecule has 0 saturated carbocycles. The van der Waals surface area contributed by atoms with Crippen LogP contribution >= 0.6 is 0 Å². The average molecular weight is 393 g/mol. The maximum Gasteiger partial charge on any atom is 0.220 e. The van der Waals surface area contributed by atoms with Gasteiger partial charge in [0, 0.05) is 31.5 Å². The number of unbranched alkanes of at least 4 members (excludes halogenated alkanes) is 1. The third-order valence-corrected chi connectivity index (χ3v) is 4.90. The van der Waals surface area contributed by atoms with Gasteiger partial charge in [0.05, 0.1) is 7.11 Å². The van der Waals surface area contributed by atoms with Crippen molar-refractivity contribution in [1.29, 1.82) is 0 Å². The molecule has 0 saturated heterocycles. The molecule has 3 aromatic rings. The number of nitrogens with one attached hydrogen (secondary N) is 1. The molecular weight excluding hydrogens is 364 g/mol. The Hall–Kier alpha value is -3.15. The highest BCUT2D eigenvalue weighted by Gasteiger charge is 2.07. The Morgan fingerprint density at radius 3 is 2.66 bits per heavy atom. The van der Waals surface area contributed by atoms with E-state index in [9.17, 15) is 4.79 Å². The minimum Gasteiger partial charge on any atom is -0.496 e. The average Bonchev–Trinajstić information content (AvgIpc) is 3.22. The van der Waals surface area contributed by atoms with Gasteiger partial charge in [-0.1, -0.05) is 48.5 Å². The summed E-state index contributed by atoms with van der Waals surface area (Å²) < 4.78 is 7.42. The van der Waals surface area contributed by atoms with Gasteiger partial charge in [0.25, 0.3) is 0 Å². The van der Waals surface area contributed by atoms with Crippen LogP contribution in [0.1, 0.15) is 36.2 Å². The van der Waals surface area contributed by atoms with Crippen molar-refractivity contribution in [2.24, 2.45) is 0 Å². The van der Waals surface area contributed by atoms with Gasteiger partial charge in [-0.25, -0.2) is 0 Å². The van der Waals surface area contributed by atoms with E-state index >= 15 is 0 Å². The zero-order chi connectivity index (χ0) is 20.3. The van der Waals surface area contributed by atoms with Crippen LogP contribution in [-0.2, 0) is 30.7 Å². The largest absolute Gasteiger partial charge is 0.496 e. The molecule has 6 heteroatoms. The number of hydrogen-bond acceptors (Lipinski definition) is 4. The van der Waals surface area contributed by atoms with Gasteiger partial charge in [-0.05, 0) is 30.9 Å². The molecule has 1 heterocycles. The SMILES string of the molecule is COc1ccccc1CNC(=O)CCCCc1nncn1CCc1ccccc1. The molecule has 0 atom stereocenters. The highest BCUT2D eigenvalue weighted by atomic mass is 16.5. The minimum atomic E-state index is 0.0569. The third kappa shape index (κ3) is 6.45. The lowest BCUT2D eigenvalue weighted by Crippen LogP contribution is -2.22. The number of carbonyl (C=O) groups is 1. The molecule has 0 unspecified atom stereocenters. The summed E-state index contributed by atoms with van der Waals surface area (Å²) in [7, 11) is 1.64. The van der Waals surface area contributed by atoms with Gasteiger partial charge in [0.1, 0.15) is 17.9 Å². The van der Waals surface area contributed by atoms with E-state index < -0.39 is 0 Å². The third-order valence-electron chi connectivity index (χ3n) is 4.90. The van der Waals surface area contributed by atoms with Crippen molar-refractivity contribution in [3.05, 3.63) is 77.9 Å². The minimum absolute atomic E-state index is 0.0569. The fourth-order valence-electron chi connectivity index (χ4n) is 3.25. The van der Waals surface area contributed by atoms with E-state index in [0.29, 0.717) is 13.0 Å². The van der Waals surface area contributed by atoms with Crippen LogP contribution in [0.15, 0.2) is 60.9 Å². The molecule has 1 amide bonds. The van der Waals surface area contributed by atoms with E-state index in [0.717, 1.165) is 49.4 Å². The summed E-state index contributed by atoms with van der Waals surface area (Å²) in [6.07, 6.45) is 5.81. The first-order chi connectivity index (χ1) is 14.3. The fourth-order valence-corrected chi connectivity index (χ4v) is 3.25. The molecule has 0 spiro atoms. The molecular formula is C23H28N4O2. The normalized spacial score (nSPS) is 10.7. The van der Waals surface area contributed by atoms with Crippen molar-refractivity contribution < 1.29 is 9.53 Å². The second-order valence-electron chi connectivity index (χ2n) is 6.97. The van der Waals surface area contributed by atoms with Crippen molar-refractivity contribution in [1.82, 2.24) is 20.1 Å². The number of ether oxygens (including phenoxy) is 1. The Balaban J connectivity index is 1.36. The number of methoxy groups -OCH3 is 1. The van der Waals surface area contributed by atoms with Gasteiger partial charge in [0.15, 0.2) is 0 Å². The number of hydrogen-bond donors (Lipinski definition) is 1. The zero-order valence-electron chi connectivity index (χ0n) is 16.9. The van der Waals surface area contributed by atoms with Crippen molar-refractivity contribution >= 4 is 5.91 Å². The highest BCUT2D eigenvalue weighted by Crippen LogP contribution is 2.16. The Bertz CT molecular complexity index is 893. The molecule has 0 fully saturated rings. The quantitative estimate of drug-likeness (QED) is 0.507. The van der Waals surface area contributed by atoms with Crippen LogP contribution < -0.4 is 10.1 Å². The monoisotopic (exact) mass is 392 g/mol. The van der Waals surface area contributed by atoms with Crippen molar-refractivity contribution in [3.8, 4) is 5.75 Å². The summed E-state index contributed by atoms with van der Waals surface area (Å²) in [4.78, 5) is 12.1. The van der Waals surface area contributed by atoms with Gasteiger partial charge in [0.2, 0.25) is 5.91 Å². The van der Waals surface area contributed by atoms with E-state index in [2.05, 4.69) is 44.3 Å². The van der Waals surface area contributed by atoms with Crippen LogP contribution in [-0.4, -0.2) is 27.8 Å². The summed E-state index contributed by atoms with van der Waals surface area (Å²) >= 11 is 0. The lowest BCUT2D eigenvalue weighted by molar-refractivity contribution is -0.121. The Morgan fingerprint density at radius 2 is 1.83 bits per heavy atom. The second kappa shape index (κ2) is 11.0. The fraction of sp³-hybridized carbons (Fsp3) is 0.348.